The predicted molar refractivity (Wildman–Crippen MR) is 103 cm³/mol. The second-order valence-corrected chi connectivity index (χ2v) is 6.39. The van der Waals surface area contributed by atoms with E-state index in [4.69, 9.17) is 4.74 Å². The maximum absolute atomic E-state index is 9.53. The molecule has 0 aliphatic heterocycles. The highest BCUT2D eigenvalue weighted by Gasteiger charge is 2.09. The van der Waals surface area contributed by atoms with Crippen molar-refractivity contribution in [2.45, 2.75) is 13.3 Å². The van der Waals surface area contributed by atoms with Gasteiger partial charge in [-0.2, -0.15) is 5.26 Å². The van der Waals surface area contributed by atoms with E-state index in [1.807, 2.05) is 35.7 Å². The van der Waals surface area contributed by atoms with Crippen molar-refractivity contribution in [3.05, 3.63) is 70.0 Å². The number of nitrogens with zero attached hydrogens (tertiary/aromatic N) is 2. The van der Waals surface area contributed by atoms with E-state index >= 15 is 0 Å². The van der Waals surface area contributed by atoms with Crippen molar-refractivity contribution in [1.29, 1.82) is 5.26 Å². The number of thiazole rings is 1. The van der Waals surface area contributed by atoms with Crippen molar-refractivity contribution in [2.75, 3.05) is 7.11 Å². The molecule has 25 heavy (non-hydrogen) atoms. The Morgan fingerprint density at radius 1 is 1.24 bits per heavy atom. The van der Waals surface area contributed by atoms with Gasteiger partial charge < -0.3 is 4.74 Å². The van der Waals surface area contributed by atoms with Crippen LogP contribution >= 0.6 is 11.3 Å². The molecule has 3 rings (SSSR count). The molecule has 4 heteroatoms. The first-order valence-electron chi connectivity index (χ1n) is 8.04. The molecule has 0 unspecified atom stereocenters. The van der Waals surface area contributed by atoms with Crippen molar-refractivity contribution in [2.24, 2.45) is 0 Å². The van der Waals surface area contributed by atoms with Gasteiger partial charge in [0.2, 0.25) is 0 Å². The van der Waals surface area contributed by atoms with Crippen molar-refractivity contribution in [3.8, 4) is 23.1 Å². The molecule has 0 saturated carbocycles. The van der Waals surface area contributed by atoms with E-state index in [1.54, 1.807) is 7.11 Å². The first-order chi connectivity index (χ1) is 12.2. The van der Waals surface area contributed by atoms with Gasteiger partial charge in [-0.05, 0) is 35.8 Å². The van der Waals surface area contributed by atoms with Crippen LogP contribution in [0.1, 0.15) is 23.1 Å². The van der Waals surface area contributed by atoms with Crippen LogP contribution in [0.15, 0.2) is 53.9 Å². The molecule has 2 aromatic carbocycles. The molecule has 0 N–H and O–H groups in total. The molecule has 1 heterocycles. The number of allylic oxidation sites excluding steroid dienone is 1. The summed E-state index contributed by atoms with van der Waals surface area (Å²) >= 11 is 1.48. The smallest absolute Gasteiger partial charge is 0.134 e. The lowest BCUT2D eigenvalue weighted by Gasteiger charge is -2.01. The number of methoxy groups -OCH3 is 1. The topological polar surface area (TPSA) is 45.9 Å². The molecule has 0 aliphatic carbocycles. The second kappa shape index (κ2) is 7.78. The SMILES string of the molecule is CCc1ccc(-c2csc(/C(C#N)=C\c3cccc(OC)c3)n2)cc1. The molecule has 0 spiro atoms. The molecule has 0 aliphatic rings. The number of nitriles is 1. The lowest BCUT2D eigenvalue weighted by Crippen LogP contribution is -1.85. The van der Waals surface area contributed by atoms with E-state index in [2.05, 4.69) is 42.2 Å². The van der Waals surface area contributed by atoms with E-state index < -0.39 is 0 Å². The lowest BCUT2D eigenvalue weighted by molar-refractivity contribution is 0.414. The van der Waals surface area contributed by atoms with Crippen LogP contribution in [-0.4, -0.2) is 12.1 Å². The number of rotatable bonds is 5. The van der Waals surface area contributed by atoms with Crippen LogP contribution in [0.25, 0.3) is 22.9 Å². The van der Waals surface area contributed by atoms with Crippen molar-refractivity contribution in [1.82, 2.24) is 4.98 Å². The molecule has 3 nitrogen and oxygen atoms in total. The molecule has 0 saturated heterocycles. The summed E-state index contributed by atoms with van der Waals surface area (Å²) in [6.45, 7) is 2.14. The minimum Gasteiger partial charge on any atom is -0.497 e. The molecule has 1 aromatic heterocycles. The quantitative estimate of drug-likeness (QED) is 0.577. The van der Waals surface area contributed by atoms with Gasteiger partial charge in [0, 0.05) is 10.9 Å². The highest BCUT2D eigenvalue weighted by molar-refractivity contribution is 7.11. The standard InChI is InChI=1S/C21H18N2OS/c1-3-15-7-9-17(10-8-15)20-14-25-21(23-20)18(13-22)11-16-5-4-6-19(12-16)24-2/h4-12,14H,3H2,1-2H3/b18-11-. The number of hydrogen-bond acceptors (Lipinski definition) is 4. The first-order valence-corrected chi connectivity index (χ1v) is 8.92. The Labute approximate surface area is 151 Å². The van der Waals surface area contributed by atoms with Gasteiger partial charge in [0.15, 0.2) is 0 Å². The Balaban J connectivity index is 1.90. The third-order valence-electron chi connectivity index (χ3n) is 3.92. The highest BCUT2D eigenvalue weighted by Crippen LogP contribution is 2.28. The summed E-state index contributed by atoms with van der Waals surface area (Å²) in [7, 11) is 1.63. The number of ether oxygens (including phenoxy) is 1. The summed E-state index contributed by atoms with van der Waals surface area (Å²) in [5.74, 6) is 0.766. The zero-order chi connectivity index (χ0) is 17.6. The van der Waals surface area contributed by atoms with E-state index in [1.165, 1.54) is 16.9 Å². The largest absolute Gasteiger partial charge is 0.497 e. The fraction of sp³-hybridized carbons (Fsp3) is 0.143. The minimum absolute atomic E-state index is 0.551. The van der Waals surface area contributed by atoms with Crippen LogP contribution in [0.5, 0.6) is 5.75 Å². The van der Waals surface area contributed by atoms with Crippen LogP contribution in [-0.2, 0) is 6.42 Å². The van der Waals surface area contributed by atoms with Crippen molar-refractivity contribution < 1.29 is 4.74 Å². The van der Waals surface area contributed by atoms with Crippen molar-refractivity contribution in [3.63, 3.8) is 0 Å². The maximum atomic E-state index is 9.53. The third-order valence-corrected chi connectivity index (χ3v) is 4.79. The lowest BCUT2D eigenvalue weighted by atomic mass is 10.1. The Hall–Kier alpha value is -2.90. The molecular formula is C21H18N2OS. The van der Waals surface area contributed by atoms with Crippen molar-refractivity contribution >= 4 is 23.0 Å². The van der Waals surface area contributed by atoms with Crippen LogP contribution in [0.2, 0.25) is 0 Å². The number of aromatic nitrogens is 1. The monoisotopic (exact) mass is 346 g/mol. The zero-order valence-corrected chi connectivity index (χ0v) is 15.0. The van der Waals surface area contributed by atoms with Gasteiger partial charge in [0.05, 0.1) is 18.4 Å². The molecule has 0 fully saturated rings. The van der Waals surface area contributed by atoms with E-state index in [0.29, 0.717) is 5.57 Å². The van der Waals surface area contributed by atoms with Gasteiger partial charge in [-0.3, -0.25) is 0 Å². The molecule has 0 bridgehead atoms. The van der Waals surface area contributed by atoms with Crippen LogP contribution < -0.4 is 4.74 Å². The zero-order valence-electron chi connectivity index (χ0n) is 14.2. The van der Waals surface area contributed by atoms with Gasteiger partial charge in [0.25, 0.3) is 0 Å². The fourth-order valence-corrected chi connectivity index (χ4v) is 3.28. The summed E-state index contributed by atoms with van der Waals surface area (Å²) in [4.78, 5) is 4.64. The van der Waals surface area contributed by atoms with Crippen LogP contribution in [0.4, 0.5) is 0 Å². The average Bonchev–Trinajstić information content (AvgIpc) is 3.16. The summed E-state index contributed by atoms with van der Waals surface area (Å²) in [6.07, 6.45) is 2.86. The predicted octanol–water partition coefficient (Wildman–Crippen LogP) is 5.45. The molecule has 0 radical (unpaired) electrons. The number of aryl methyl sites for hydroxylation is 1. The minimum atomic E-state index is 0.551. The normalized spacial score (nSPS) is 11.2. The molecule has 0 atom stereocenters. The van der Waals surface area contributed by atoms with Crippen LogP contribution in [0, 0.1) is 11.3 Å². The third kappa shape index (κ3) is 3.96. The Morgan fingerprint density at radius 2 is 2.04 bits per heavy atom. The first kappa shape index (κ1) is 16.9. The summed E-state index contributed by atoms with van der Waals surface area (Å²) in [5.41, 5.74) is 4.73. The van der Waals surface area contributed by atoms with E-state index in [9.17, 15) is 5.26 Å². The highest BCUT2D eigenvalue weighted by atomic mass is 32.1. The van der Waals surface area contributed by atoms with Gasteiger partial charge in [0.1, 0.15) is 16.8 Å². The summed E-state index contributed by atoms with van der Waals surface area (Å²) in [6, 6.07) is 18.3. The fourth-order valence-electron chi connectivity index (χ4n) is 2.48. The molecule has 124 valence electrons. The van der Waals surface area contributed by atoms with E-state index in [-0.39, 0.29) is 0 Å². The molecular weight excluding hydrogens is 328 g/mol. The summed E-state index contributed by atoms with van der Waals surface area (Å²) < 4.78 is 5.23. The number of benzene rings is 2. The molecule has 3 aromatic rings. The maximum Gasteiger partial charge on any atom is 0.134 e. The second-order valence-electron chi connectivity index (χ2n) is 5.53. The van der Waals surface area contributed by atoms with E-state index in [0.717, 1.165) is 34.0 Å². The van der Waals surface area contributed by atoms with Gasteiger partial charge in [-0.1, -0.05) is 43.3 Å². The number of hydrogen-bond donors (Lipinski definition) is 0. The molecule has 0 amide bonds. The Kier molecular flexibility index (Phi) is 5.27. The van der Waals surface area contributed by atoms with Gasteiger partial charge >= 0.3 is 0 Å². The summed E-state index contributed by atoms with van der Waals surface area (Å²) in [5, 5.41) is 12.2. The Morgan fingerprint density at radius 3 is 2.72 bits per heavy atom. The Bertz CT molecular complexity index is 933. The average molecular weight is 346 g/mol. The van der Waals surface area contributed by atoms with Crippen LogP contribution in [0.3, 0.4) is 0 Å². The van der Waals surface area contributed by atoms with Gasteiger partial charge in [-0.15, -0.1) is 11.3 Å². The van der Waals surface area contributed by atoms with Gasteiger partial charge in [-0.25, -0.2) is 4.98 Å².